The number of benzene rings is 1. The molecule has 0 unspecified atom stereocenters. The second kappa shape index (κ2) is 4.42. The molecule has 1 aliphatic rings. The summed E-state index contributed by atoms with van der Waals surface area (Å²) >= 11 is 3.53. The Morgan fingerprint density at radius 1 is 1.29 bits per heavy atom. The third-order valence-corrected chi connectivity index (χ3v) is 3.94. The molecule has 1 fully saturated rings. The van der Waals surface area contributed by atoms with Crippen molar-refractivity contribution in [1.29, 1.82) is 0 Å². The van der Waals surface area contributed by atoms with Crippen LogP contribution in [-0.2, 0) is 0 Å². The largest absolute Gasteiger partial charge is 0.342 e. The third-order valence-electron chi connectivity index (χ3n) is 3.49. The summed E-state index contributed by atoms with van der Waals surface area (Å²) in [5.74, 6) is 1.74. The van der Waals surface area contributed by atoms with E-state index in [0.29, 0.717) is 5.92 Å². The van der Waals surface area contributed by atoms with E-state index in [4.69, 9.17) is 4.98 Å². The quantitative estimate of drug-likeness (QED) is 0.848. The first-order valence-corrected chi connectivity index (χ1v) is 6.90. The maximum atomic E-state index is 4.77. The van der Waals surface area contributed by atoms with Crippen LogP contribution in [0.4, 0.5) is 0 Å². The van der Waals surface area contributed by atoms with Crippen molar-refractivity contribution in [3.63, 3.8) is 0 Å². The normalized spacial score (nSPS) is 17.8. The number of aryl methyl sites for hydroxylation is 1. The predicted molar refractivity (Wildman–Crippen MR) is 73.4 cm³/mol. The van der Waals surface area contributed by atoms with E-state index in [9.17, 15) is 0 Å². The van der Waals surface area contributed by atoms with Crippen LogP contribution in [0.15, 0.2) is 16.6 Å². The standard InChI is InChI=1S/C13H16BrN3/c1-8-6-10(14)7-11-12(8)17-13(16-11)9-2-4-15-5-3-9/h6-7,9,15H,2-5H2,1H3,(H,16,17). The van der Waals surface area contributed by atoms with Gasteiger partial charge in [0.25, 0.3) is 0 Å². The molecule has 2 aromatic rings. The fourth-order valence-corrected chi connectivity index (χ4v) is 3.13. The lowest BCUT2D eigenvalue weighted by Gasteiger charge is -2.20. The summed E-state index contributed by atoms with van der Waals surface area (Å²) < 4.78 is 1.11. The van der Waals surface area contributed by atoms with Crippen LogP contribution in [0.2, 0.25) is 0 Å². The molecule has 0 amide bonds. The van der Waals surface area contributed by atoms with E-state index in [1.807, 2.05) is 0 Å². The van der Waals surface area contributed by atoms with Gasteiger partial charge in [0.05, 0.1) is 11.0 Å². The highest BCUT2D eigenvalue weighted by molar-refractivity contribution is 9.10. The van der Waals surface area contributed by atoms with E-state index in [0.717, 1.165) is 34.4 Å². The topological polar surface area (TPSA) is 40.7 Å². The lowest BCUT2D eigenvalue weighted by Crippen LogP contribution is -2.27. The van der Waals surface area contributed by atoms with E-state index in [1.165, 1.54) is 18.4 Å². The lowest BCUT2D eigenvalue weighted by molar-refractivity contribution is 0.448. The van der Waals surface area contributed by atoms with Crippen LogP contribution in [0, 0.1) is 6.92 Å². The minimum Gasteiger partial charge on any atom is -0.342 e. The van der Waals surface area contributed by atoms with Gasteiger partial charge in [-0.15, -0.1) is 0 Å². The number of nitrogens with zero attached hydrogens (tertiary/aromatic N) is 1. The van der Waals surface area contributed by atoms with E-state index < -0.39 is 0 Å². The van der Waals surface area contributed by atoms with E-state index in [1.54, 1.807) is 0 Å². The molecule has 2 heterocycles. The number of nitrogens with one attached hydrogen (secondary N) is 2. The summed E-state index contributed by atoms with van der Waals surface area (Å²) in [7, 11) is 0. The van der Waals surface area contributed by atoms with Gasteiger partial charge in [-0.05, 0) is 50.6 Å². The Balaban J connectivity index is 2.03. The number of imidazole rings is 1. The minimum absolute atomic E-state index is 0.585. The Bertz CT molecular complexity index is 541. The number of aromatic nitrogens is 2. The summed E-state index contributed by atoms with van der Waals surface area (Å²) in [6, 6.07) is 4.23. The molecule has 1 aromatic carbocycles. The zero-order chi connectivity index (χ0) is 11.8. The fraction of sp³-hybridized carbons (Fsp3) is 0.462. The smallest absolute Gasteiger partial charge is 0.110 e. The van der Waals surface area contributed by atoms with Crippen molar-refractivity contribution in [2.75, 3.05) is 13.1 Å². The van der Waals surface area contributed by atoms with Crippen molar-refractivity contribution in [1.82, 2.24) is 15.3 Å². The number of fused-ring (bicyclic) bond motifs is 1. The average Bonchev–Trinajstić information content (AvgIpc) is 2.74. The molecular formula is C13H16BrN3. The molecule has 2 N–H and O–H groups in total. The Morgan fingerprint density at radius 2 is 2.06 bits per heavy atom. The highest BCUT2D eigenvalue weighted by atomic mass is 79.9. The van der Waals surface area contributed by atoms with E-state index in [2.05, 4.69) is 45.3 Å². The van der Waals surface area contributed by atoms with Crippen molar-refractivity contribution in [3.05, 3.63) is 28.0 Å². The second-order valence-electron chi connectivity index (χ2n) is 4.77. The first kappa shape index (κ1) is 11.2. The zero-order valence-electron chi connectivity index (χ0n) is 9.89. The van der Waals surface area contributed by atoms with Gasteiger partial charge in [0.1, 0.15) is 5.82 Å². The van der Waals surface area contributed by atoms with Crippen LogP contribution in [-0.4, -0.2) is 23.1 Å². The molecule has 0 bridgehead atoms. The molecule has 0 saturated carbocycles. The zero-order valence-corrected chi connectivity index (χ0v) is 11.5. The summed E-state index contributed by atoms with van der Waals surface area (Å²) in [5.41, 5.74) is 3.48. The molecule has 17 heavy (non-hydrogen) atoms. The molecule has 0 aliphatic carbocycles. The molecule has 0 radical (unpaired) electrons. The van der Waals surface area contributed by atoms with Crippen LogP contribution >= 0.6 is 15.9 Å². The van der Waals surface area contributed by atoms with Crippen LogP contribution in [0.25, 0.3) is 11.0 Å². The Kier molecular flexibility index (Phi) is 2.92. The molecule has 0 spiro atoms. The maximum absolute atomic E-state index is 4.77. The molecule has 3 rings (SSSR count). The highest BCUT2D eigenvalue weighted by Crippen LogP contribution is 2.28. The van der Waals surface area contributed by atoms with Gasteiger partial charge < -0.3 is 10.3 Å². The number of halogens is 1. The van der Waals surface area contributed by atoms with E-state index in [-0.39, 0.29) is 0 Å². The van der Waals surface area contributed by atoms with Crippen LogP contribution in [0.3, 0.4) is 0 Å². The van der Waals surface area contributed by atoms with Crippen LogP contribution in [0.1, 0.15) is 30.1 Å². The second-order valence-corrected chi connectivity index (χ2v) is 5.68. The summed E-state index contributed by atoms with van der Waals surface area (Å²) in [6.45, 7) is 4.31. The van der Waals surface area contributed by atoms with Crippen molar-refractivity contribution in [3.8, 4) is 0 Å². The lowest BCUT2D eigenvalue weighted by atomic mass is 9.98. The Labute approximate surface area is 109 Å². The number of H-pyrrole nitrogens is 1. The number of rotatable bonds is 1. The van der Waals surface area contributed by atoms with Crippen LogP contribution in [0.5, 0.6) is 0 Å². The van der Waals surface area contributed by atoms with Gasteiger partial charge in [-0.2, -0.15) is 0 Å². The van der Waals surface area contributed by atoms with Crippen molar-refractivity contribution < 1.29 is 0 Å². The predicted octanol–water partition coefficient (Wildman–Crippen LogP) is 3.10. The number of hydrogen-bond donors (Lipinski definition) is 2. The van der Waals surface area contributed by atoms with Gasteiger partial charge in [-0.25, -0.2) is 4.98 Å². The molecule has 0 atom stereocenters. The van der Waals surface area contributed by atoms with Crippen molar-refractivity contribution in [2.45, 2.75) is 25.7 Å². The van der Waals surface area contributed by atoms with Crippen molar-refractivity contribution in [2.24, 2.45) is 0 Å². The molecule has 1 aromatic heterocycles. The fourth-order valence-electron chi connectivity index (χ4n) is 2.55. The summed E-state index contributed by atoms with van der Waals surface area (Å²) in [6.07, 6.45) is 2.36. The molecule has 1 aliphatic heterocycles. The highest BCUT2D eigenvalue weighted by Gasteiger charge is 2.19. The third kappa shape index (κ3) is 2.11. The Hall–Kier alpha value is -0.870. The average molecular weight is 294 g/mol. The van der Waals surface area contributed by atoms with Gasteiger partial charge in [0, 0.05) is 10.4 Å². The van der Waals surface area contributed by atoms with Gasteiger partial charge in [0.15, 0.2) is 0 Å². The molecular weight excluding hydrogens is 278 g/mol. The summed E-state index contributed by atoms with van der Waals surface area (Å²) in [4.78, 5) is 8.25. The van der Waals surface area contributed by atoms with Crippen LogP contribution < -0.4 is 5.32 Å². The van der Waals surface area contributed by atoms with Gasteiger partial charge >= 0.3 is 0 Å². The monoisotopic (exact) mass is 293 g/mol. The number of piperidine rings is 1. The SMILES string of the molecule is Cc1cc(Br)cc2[nH]c(C3CCNCC3)nc12. The number of aromatic amines is 1. The molecule has 3 nitrogen and oxygen atoms in total. The van der Waals surface area contributed by atoms with Gasteiger partial charge in [-0.3, -0.25) is 0 Å². The maximum Gasteiger partial charge on any atom is 0.110 e. The molecule has 90 valence electrons. The first-order chi connectivity index (χ1) is 8.24. The van der Waals surface area contributed by atoms with Gasteiger partial charge in [0.2, 0.25) is 0 Å². The molecule has 1 saturated heterocycles. The Morgan fingerprint density at radius 3 is 2.82 bits per heavy atom. The molecule has 4 heteroatoms. The van der Waals surface area contributed by atoms with Gasteiger partial charge in [-0.1, -0.05) is 15.9 Å². The number of hydrogen-bond acceptors (Lipinski definition) is 2. The van der Waals surface area contributed by atoms with E-state index >= 15 is 0 Å². The summed E-state index contributed by atoms with van der Waals surface area (Å²) in [5, 5.41) is 3.39. The minimum atomic E-state index is 0.585. The van der Waals surface area contributed by atoms with Crippen molar-refractivity contribution >= 4 is 27.0 Å². The first-order valence-electron chi connectivity index (χ1n) is 6.10.